The number of benzene rings is 1. The Labute approximate surface area is 167 Å². The molecule has 0 radical (unpaired) electrons. The second kappa shape index (κ2) is 7.94. The molecule has 0 spiro atoms. The maximum absolute atomic E-state index is 12.7. The fraction of sp³-hybridized carbons (Fsp3) is 0.400. The van der Waals surface area contributed by atoms with E-state index in [0.29, 0.717) is 28.8 Å². The Morgan fingerprint density at radius 2 is 2.10 bits per heavy atom. The number of nitrogens with zero attached hydrogens (tertiary/aromatic N) is 5. The van der Waals surface area contributed by atoms with Crippen molar-refractivity contribution < 1.29 is 9.53 Å². The number of nitrogens with one attached hydrogen (secondary N) is 1. The molecule has 152 valence electrons. The number of aromatic nitrogens is 4. The minimum atomic E-state index is -0.362. The summed E-state index contributed by atoms with van der Waals surface area (Å²) in [4.78, 5) is 31.8. The molecule has 1 aliphatic rings. The zero-order valence-corrected chi connectivity index (χ0v) is 16.5. The SMILES string of the molecule is COc1ccc(NC(=O)Cn2nc3c(N4CCC[C@@H](C)C4)nccn3c2=O)cc1. The average molecular weight is 396 g/mol. The zero-order chi connectivity index (χ0) is 20.4. The maximum Gasteiger partial charge on any atom is 0.350 e. The highest BCUT2D eigenvalue weighted by atomic mass is 16.5. The van der Waals surface area contributed by atoms with E-state index in [2.05, 4.69) is 27.2 Å². The van der Waals surface area contributed by atoms with Gasteiger partial charge in [-0.05, 0) is 43.0 Å². The Morgan fingerprint density at radius 3 is 2.83 bits per heavy atom. The summed E-state index contributed by atoms with van der Waals surface area (Å²) in [6.07, 6.45) is 5.46. The van der Waals surface area contributed by atoms with E-state index < -0.39 is 0 Å². The maximum atomic E-state index is 12.7. The number of amides is 1. The van der Waals surface area contributed by atoms with Crippen LogP contribution < -0.4 is 20.6 Å². The molecule has 1 aromatic carbocycles. The smallest absolute Gasteiger partial charge is 0.350 e. The number of carbonyl (C=O) groups is 1. The largest absolute Gasteiger partial charge is 0.497 e. The first-order valence-corrected chi connectivity index (χ1v) is 9.68. The van der Waals surface area contributed by atoms with Crippen LogP contribution in [0.25, 0.3) is 5.65 Å². The lowest BCUT2D eigenvalue weighted by Crippen LogP contribution is -2.35. The van der Waals surface area contributed by atoms with Crippen LogP contribution in [-0.2, 0) is 11.3 Å². The third-order valence-electron chi connectivity index (χ3n) is 5.11. The first-order valence-electron chi connectivity index (χ1n) is 9.68. The molecule has 0 saturated carbocycles. The van der Waals surface area contributed by atoms with Gasteiger partial charge in [0.25, 0.3) is 0 Å². The molecule has 2 aromatic heterocycles. The Hall–Kier alpha value is -3.36. The molecule has 4 rings (SSSR count). The Bertz CT molecular complexity index is 1070. The highest BCUT2D eigenvalue weighted by Gasteiger charge is 2.22. The molecule has 0 aliphatic carbocycles. The van der Waals surface area contributed by atoms with Gasteiger partial charge >= 0.3 is 5.69 Å². The van der Waals surface area contributed by atoms with Crippen molar-refractivity contribution in [3.63, 3.8) is 0 Å². The summed E-state index contributed by atoms with van der Waals surface area (Å²) in [6.45, 7) is 3.80. The first kappa shape index (κ1) is 19.0. The van der Waals surface area contributed by atoms with E-state index in [1.807, 2.05) is 0 Å². The van der Waals surface area contributed by atoms with Gasteiger partial charge in [0.15, 0.2) is 5.82 Å². The van der Waals surface area contributed by atoms with Gasteiger partial charge in [0.2, 0.25) is 11.6 Å². The molecule has 1 aliphatic heterocycles. The quantitative estimate of drug-likeness (QED) is 0.707. The molecule has 3 heterocycles. The van der Waals surface area contributed by atoms with Crippen molar-refractivity contribution in [3.05, 3.63) is 47.1 Å². The molecule has 9 nitrogen and oxygen atoms in total. The molecular formula is C20H24N6O3. The highest BCUT2D eigenvalue weighted by Crippen LogP contribution is 2.23. The Kier molecular flexibility index (Phi) is 5.20. The van der Waals surface area contributed by atoms with Crippen molar-refractivity contribution in [2.24, 2.45) is 5.92 Å². The lowest BCUT2D eigenvalue weighted by Gasteiger charge is -2.31. The number of hydrogen-bond donors (Lipinski definition) is 1. The molecule has 1 fully saturated rings. The van der Waals surface area contributed by atoms with Crippen LogP contribution in [0.4, 0.5) is 11.5 Å². The zero-order valence-electron chi connectivity index (χ0n) is 16.5. The number of ether oxygens (including phenoxy) is 1. The van der Waals surface area contributed by atoms with Crippen LogP contribution in [-0.4, -0.2) is 45.3 Å². The van der Waals surface area contributed by atoms with Crippen LogP contribution in [0.15, 0.2) is 41.5 Å². The minimum Gasteiger partial charge on any atom is -0.497 e. The summed E-state index contributed by atoms with van der Waals surface area (Å²) in [7, 11) is 1.58. The van der Waals surface area contributed by atoms with Gasteiger partial charge in [0.05, 0.1) is 7.11 Å². The summed E-state index contributed by atoms with van der Waals surface area (Å²) >= 11 is 0. The van der Waals surface area contributed by atoms with Crippen molar-refractivity contribution in [1.82, 2.24) is 19.2 Å². The number of rotatable bonds is 5. The normalized spacial score (nSPS) is 16.8. The minimum absolute atomic E-state index is 0.178. The molecule has 1 amide bonds. The summed E-state index contributed by atoms with van der Waals surface area (Å²) in [6, 6.07) is 6.99. The standard InChI is InChI=1S/C20H24N6O3/c1-14-4-3-10-24(12-14)18-19-23-26(20(28)25(19)11-9-21-18)13-17(27)22-15-5-7-16(29-2)8-6-15/h5-9,11,14H,3-4,10,12-13H2,1-2H3,(H,22,27)/t14-/m1/s1. The van der Waals surface area contributed by atoms with Crippen LogP contribution in [0.5, 0.6) is 5.75 Å². The van der Waals surface area contributed by atoms with E-state index in [0.717, 1.165) is 19.5 Å². The fourth-order valence-electron chi connectivity index (χ4n) is 3.65. The molecule has 1 saturated heterocycles. The number of anilines is 2. The van der Waals surface area contributed by atoms with E-state index in [-0.39, 0.29) is 18.1 Å². The third-order valence-corrected chi connectivity index (χ3v) is 5.11. The van der Waals surface area contributed by atoms with Crippen LogP contribution in [0, 0.1) is 5.92 Å². The summed E-state index contributed by atoms with van der Waals surface area (Å²) < 4.78 is 7.73. The third kappa shape index (κ3) is 3.94. The molecular weight excluding hydrogens is 372 g/mol. The molecule has 9 heteroatoms. The molecule has 1 atom stereocenters. The van der Waals surface area contributed by atoms with Crippen molar-refractivity contribution in [2.75, 3.05) is 30.4 Å². The predicted molar refractivity (Wildman–Crippen MR) is 109 cm³/mol. The van der Waals surface area contributed by atoms with Gasteiger partial charge in [-0.3, -0.25) is 4.79 Å². The van der Waals surface area contributed by atoms with E-state index in [1.165, 1.54) is 15.5 Å². The number of carbonyl (C=O) groups excluding carboxylic acids is 1. The Balaban J connectivity index is 1.56. The number of piperidine rings is 1. The van der Waals surface area contributed by atoms with E-state index in [9.17, 15) is 9.59 Å². The molecule has 29 heavy (non-hydrogen) atoms. The van der Waals surface area contributed by atoms with Gasteiger partial charge in [-0.1, -0.05) is 6.92 Å². The second-order valence-corrected chi connectivity index (χ2v) is 7.35. The monoisotopic (exact) mass is 396 g/mol. The average Bonchev–Trinajstić information content (AvgIpc) is 3.04. The number of hydrogen-bond acceptors (Lipinski definition) is 6. The van der Waals surface area contributed by atoms with Crippen LogP contribution in [0.2, 0.25) is 0 Å². The fourth-order valence-corrected chi connectivity index (χ4v) is 3.65. The summed E-state index contributed by atoms with van der Waals surface area (Å²) in [5, 5.41) is 7.17. The van der Waals surface area contributed by atoms with Gasteiger partial charge in [-0.25, -0.2) is 18.9 Å². The van der Waals surface area contributed by atoms with Gasteiger partial charge in [-0.2, -0.15) is 0 Å². The molecule has 0 unspecified atom stereocenters. The van der Waals surface area contributed by atoms with E-state index >= 15 is 0 Å². The van der Waals surface area contributed by atoms with Gasteiger partial charge in [0.1, 0.15) is 12.3 Å². The molecule has 0 bridgehead atoms. The lowest BCUT2D eigenvalue weighted by atomic mass is 10.0. The van der Waals surface area contributed by atoms with E-state index in [4.69, 9.17) is 4.74 Å². The van der Waals surface area contributed by atoms with Crippen molar-refractivity contribution >= 4 is 23.1 Å². The Morgan fingerprint density at radius 1 is 1.31 bits per heavy atom. The van der Waals surface area contributed by atoms with Crippen LogP contribution in [0.3, 0.4) is 0 Å². The van der Waals surface area contributed by atoms with Gasteiger partial charge in [-0.15, -0.1) is 5.10 Å². The lowest BCUT2D eigenvalue weighted by molar-refractivity contribution is -0.117. The number of fused-ring (bicyclic) bond motifs is 1. The highest BCUT2D eigenvalue weighted by molar-refractivity contribution is 5.90. The van der Waals surface area contributed by atoms with Gasteiger partial charge < -0.3 is 15.0 Å². The van der Waals surface area contributed by atoms with Crippen molar-refractivity contribution in [1.29, 1.82) is 0 Å². The predicted octanol–water partition coefficient (Wildman–Crippen LogP) is 1.77. The van der Waals surface area contributed by atoms with Crippen molar-refractivity contribution in [3.8, 4) is 5.75 Å². The number of methoxy groups -OCH3 is 1. The van der Waals surface area contributed by atoms with E-state index in [1.54, 1.807) is 43.8 Å². The topological polar surface area (TPSA) is 93.8 Å². The molecule has 1 N–H and O–H groups in total. The first-order chi connectivity index (χ1) is 14.0. The van der Waals surface area contributed by atoms with Crippen LogP contribution in [0.1, 0.15) is 19.8 Å². The van der Waals surface area contributed by atoms with Gasteiger partial charge in [0, 0.05) is 31.2 Å². The summed E-state index contributed by atoms with van der Waals surface area (Å²) in [5.41, 5.74) is 0.736. The summed E-state index contributed by atoms with van der Waals surface area (Å²) in [5.74, 6) is 1.62. The molecule has 3 aromatic rings. The second-order valence-electron chi connectivity index (χ2n) is 7.35. The van der Waals surface area contributed by atoms with Crippen LogP contribution >= 0.6 is 0 Å². The van der Waals surface area contributed by atoms with Crippen molar-refractivity contribution in [2.45, 2.75) is 26.3 Å².